The predicted molar refractivity (Wildman–Crippen MR) is 79.1 cm³/mol. The summed E-state index contributed by atoms with van der Waals surface area (Å²) >= 11 is 0. The van der Waals surface area contributed by atoms with Crippen LogP contribution in [0.5, 0.6) is 0 Å². The van der Waals surface area contributed by atoms with Gasteiger partial charge in [0.15, 0.2) is 0 Å². The molecule has 0 aromatic carbocycles. The molecule has 1 aromatic rings. The van der Waals surface area contributed by atoms with Gasteiger partial charge in [0.05, 0.1) is 6.10 Å². The Morgan fingerprint density at radius 3 is 2.80 bits per heavy atom. The zero-order valence-corrected chi connectivity index (χ0v) is 12.4. The molecule has 0 radical (unpaired) electrons. The van der Waals surface area contributed by atoms with Gasteiger partial charge >= 0.3 is 0 Å². The summed E-state index contributed by atoms with van der Waals surface area (Å²) < 4.78 is 5.22. The van der Waals surface area contributed by atoms with E-state index in [1.807, 2.05) is 13.1 Å². The van der Waals surface area contributed by atoms with E-state index in [0.29, 0.717) is 11.7 Å². The van der Waals surface area contributed by atoms with Crippen molar-refractivity contribution in [3.8, 4) is 0 Å². The fourth-order valence-electron chi connectivity index (χ4n) is 2.38. The lowest BCUT2D eigenvalue weighted by Crippen LogP contribution is -2.47. The first-order valence-corrected chi connectivity index (χ1v) is 7.18. The highest BCUT2D eigenvalue weighted by molar-refractivity contribution is 5.95. The van der Waals surface area contributed by atoms with Crippen LogP contribution in [0.4, 0.5) is 5.82 Å². The highest BCUT2D eigenvalue weighted by Gasteiger charge is 2.30. The van der Waals surface area contributed by atoms with Gasteiger partial charge in [0.1, 0.15) is 5.82 Å². The van der Waals surface area contributed by atoms with Crippen LogP contribution in [0.3, 0.4) is 0 Å². The molecule has 1 amide bonds. The quantitative estimate of drug-likeness (QED) is 0.834. The molecule has 1 fully saturated rings. The van der Waals surface area contributed by atoms with E-state index < -0.39 is 0 Å². The zero-order chi connectivity index (χ0) is 14.5. The minimum Gasteiger partial charge on any atom is -0.381 e. The average Bonchev–Trinajstić information content (AvgIpc) is 2.42. The van der Waals surface area contributed by atoms with Crippen molar-refractivity contribution in [1.29, 1.82) is 0 Å². The summed E-state index contributed by atoms with van der Waals surface area (Å²) in [6.45, 7) is 2.10. The van der Waals surface area contributed by atoms with E-state index in [2.05, 4.69) is 22.5 Å². The van der Waals surface area contributed by atoms with Crippen LogP contribution in [0.15, 0.2) is 12.1 Å². The van der Waals surface area contributed by atoms with Crippen molar-refractivity contribution >= 4 is 11.7 Å². The Kier molecular flexibility index (Phi) is 4.95. The van der Waals surface area contributed by atoms with Crippen LogP contribution in [-0.2, 0) is 11.2 Å². The number of aromatic nitrogens is 1. The maximum absolute atomic E-state index is 12.3. The van der Waals surface area contributed by atoms with Crippen molar-refractivity contribution in [1.82, 2.24) is 10.3 Å². The van der Waals surface area contributed by atoms with Crippen LogP contribution < -0.4 is 10.6 Å². The lowest BCUT2D eigenvalue weighted by molar-refractivity contribution is 0.0176. The van der Waals surface area contributed by atoms with E-state index in [1.54, 1.807) is 13.2 Å². The summed E-state index contributed by atoms with van der Waals surface area (Å²) in [5, 5.41) is 6.05. The molecule has 1 aliphatic rings. The van der Waals surface area contributed by atoms with Gasteiger partial charge in [0.2, 0.25) is 0 Å². The Balaban J connectivity index is 2.03. The van der Waals surface area contributed by atoms with Crippen molar-refractivity contribution in [3.63, 3.8) is 0 Å². The van der Waals surface area contributed by atoms with Gasteiger partial charge in [-0.3, -0.25) is 4.79 Å². The van der Waals surface area contributed by atoms with Gasteiger partial charge in [0, 0.05) is 31.5 Å². The number of hydrogen-bond donors (Lipinski definition) is 2. The Morgan fingerprint density at radius 2 is 2.20 bits per heavy atom. The third kappa shape index (κ3) is 3.48. The molecule has 0 spiro atoms. The molecule has 1 saturated carbocycles. The number of amides is 1. The van der Waals surface area contributed by atoms with Crippen LogP contribution in [0.1, 0.15) is 42.2 Å². The zero-order valence-electron chi connectivity index (χ0n) is 12.4. The monoisotopic (exact) mass is 277 g/mol. The van der Waals surface area contributed by atoms with Crippen LogP contribution in [0.2, 0.25) is 0 Å². The number of carbonyl (C=O) groups excluding carboxylic acids is 1. The molecule has 20 heavy (non-hydrogen) atoms. The van der Waals surface area contributed by atoms with Crippen molar-refractivity contribution in [2.75, 3.05) is 19.5 Å². The van der Waals surface area contributed by atoms with E-state index >= 15 is 0 Å². The summed E-state index contributed by atoms with van der Waals surface area (Å²) in [5.41, 5.74) is 1.63. The first kappa shape index (κ1) is 14.8. The smallest absolute Gasteiger partial charge is 0.251 e. The van der Waals surface area contributed by atoms with Crippen LogP contribution in [0, 0.1) is 0 Å². The number of hydrogen-bond acceptors (Lipinski definition) is 4. The summed E-state index contributed by atoms with van der Waals surface area (Å²) in [6, 6.07) is 3.90. The molecule has 5 heteroatoms. The predicted octanol–water partition coefficient (Wildman–Crippen LogP) is 1.98. The summed E-state index contributed by atoms with van der Waals surface area (Å²) in [6.07, 6.45) is 3.98. The minimum absolute atomic E-state index is 0.0270. The topological polar surface area (TPSA) is 63.2 Å². The molecule has 5 nitrogen and oxygen atoms in total. The average molecular weight is 277 g/mol. The Bertz CT molecular complexity index is 470. The van der Waals surface area contributed by atoms with Gasteiger partial charge < -0.3 is 15.4 Å². The Hall–Kier alpha value is -1.62. The second kappa shape index (κ2) is 6.70. The molecular formula is C15H23N3O2. The van der Waals surface area contributed by atoms with Gasteiger partial charge in [0.25, 0.3) is 5.91 Å². The van der Waals surface area contributed by atoms with Gasteiger partial charge in [-0.05, 0) is 31.4 Å². The second-order valence-electron chi connectivity index (χ2n) is 5.23. The van der Waals surface area contributed by atoms with E-state index in [9.17, 15) is 4.79 Å². The number of rotatable bonds is 6. The van der Waals surface area contributed by atoms with E-state index in [-0.39, 0.29) is 11.9 Å². The number of ether oxygens (including phenoxy) is 1. The Labute approximate surface area is 120 Å². The first-order chi connectivity index (χ1) is 9.66. The van der Waals surface area contributed by atoms with Gasteiger partial charge in [-0.2, -0.15) is 0 Å². The number of anilines is 1. The lowest BCUT2D eigenvalue weighted by Gasteiger charge is -2.34. The molecule has 1 aliphatic carbocycles. The van der Waals surface area contributed by atoms with Gasteiger partial charge in [-0.1, -0.05) is 13.3 Å². The van der Waals surface area contributed by atoms with Gasteiger partial charge in [-0.15, -0.1) is 0 Å². The molecule has 1 aromatic heterocycles. The number of nitrogens with zero attached hydrogens (tertiary/aromatic N) is 1. The third-order valence-corrected chi connectivity index (χ3v) is 3.67. The van der Waals surface area contributed by atoms with Crippen molar-refractivity contribution in [2.45, 2.75) is 44.8 Å². The van der Waals surface area contributed by atoms with Crippen molar-refractivity contribution in [2.24, 2.45) is 0 Å². The minimum atomic E-state index is -0.0270. The molecule has 1 heterocycles. The van der Waals surface area contributed by atoms with Crippen LogP contribution in [-0.4, -0.2) is 37.2 Å². The normalized spacial score (nSPS) is 21.1. The number of carbonyl (C=O) groups is 1. The third-order valence-electron chi connectivity index (χ3n) is 3.67. The lowest BCUT2D eigenvalue weighted by atomic mass is 9.89. The highest BCUT2D eigenvalue weighted by atomic mass is 16.5. The standard InChI is InChI=1S/C15H23N3O2/c1-4-5-11-6-10(7-14(16-2)17-11)15(19)18-12-8-13(9-12)20-3/h6-7,12-13H,4-5,8-9H2,1-3H3,(H,16,17)(H,18,19). The maximum Gasteiger partial charge on any atom is 0.251 e. The number of pyridine rings is 1. The van der Waals surface area contributed by atoms with Crippen LogP contribution >= 0.6 is 0 Å². The molecule has 0 bridgehead atoms. The maximum atomic E-state index is 12.3. The fraction of sp³-hybridized carbons (Fsp3) is 0.600. The van der Waals surface area contributed by atoms with Crippen LogP contribution in [0.25, 0.3) is 0 Å². The fourth-order valence-corrected chi connectivity index (χ4v) is 2.38. The van der Waals surface area contributed by atoms with Crippen molar-refractivity contribution < 1.29 is 9.53 Å². The molecule has 0 saturated heterocycles. The largest absolute Gasteiger partial charge is 0.381 e. The van der Waals surface area contributed by atoms with Crippen molar-refractivity contribution in [3.05, 3.63) is 23.4 Å². The molecule has 0 aliphatic heterocycles. The Morgan fingerprint density at radius 1 is 1.45 bits per heavy atom. The number of aryl methyl sites for hydroxylation is 1. The summed E-state index contributed by atoms with van der Waals surface area (Å²) in [4.78, 5) is 16.7. The van der Waals surface area contributed by atoms with E-state index in [1.165, 1.54) is 0 Å². The molecule has 0 atom stereocenters. The summed E-state index contributed by atoms with van der Waals surface area (Å²) in [5.74, 6) is 0.713. The number of nitrogens with one attached hydrogen (secondary N) is 2. The molecule has 110 valence electrons. The SMILES string of the molecule is CCCc1cc(C(=O)NC2CC(OC)C2)cc(NC)n1. The molecule has 0 unspecified atom stereocenters. The first-order valence-electron chi connectivity index (χ1n) is 7.18. The van der Waals surface area contributed by atoms with E-state index in [4.69, 9.17) is 4.74 Å². The van der Waals surface area contributed by atoms with Gasteiger partial charge in [-0.25, -0.2) is 4.98 Å². The number of methoxy groups -OCH3 is 1. The second-order valence-corrected chi connectivity index (χ2v) is 5.23. The summed E-state index contributed by atoms with van der Waals surface area (Å²) in [7, 11) is 3.52. The highest BCUT2D eigenvalue weighted by Crippen LogP contribution is 2.23. The van der Waals surface area contributed by atoms with E-state index in [0.717, 1.165) is 37.2 Å². The molecule has 2 N–H and O–H groups in total. The molecule has 2 rings (SSSR count). The molecular weight excluding hydrogens is 254 g/mol.